The molecule has 1 aromatic carbocycles. The van der Waals surface area contributed by atoms with Crippen LogP contribution in [0, 0.1) is 0 Å². The van der Waals surface area contributed by atoms with Gasteiger partial charge in [0.25, 0.3) is 0 Å². The number of pyridine rings is 1. The number of unbranched alkanes of at least 4 members (excludes halogenated alkanes) is 1. The minimum Gasteiger partial charge on any atom is -0.308 e. The van der Waals surface area contributed by atoms with Gasteiger partial charge >= 0.3 is 0 Å². The Balaban J connectivity index is 2.18. The lowest BCUT2D eigenvalue weighted by molar-refractivity contribution is -0.118. The summed E-state index contributed by atoms with van der Waals surface area (Å²) in [7, 11) is 0. The fraction of sp³-hybridized carbons (Fsp3) is 0.294. The van der Waals surface area contributed by atoms with Gasteiger partial charge in [-0.15, -0.1) is 0 Å². The van der Waals surface area contributed by atoms with Crippen molar-refractivity contribution in [1.29, 1.82) is 0 Å². The second-order valence-corrected chi connectivity index (χ2v) is 4.78. The summed E-state index contributed by atoms with van der Waals surface area (Å²) in [6.45, 7) is 2.67. The molecule has 0 radical (unpaired) electrons. The molecule has 20 heavy (non-hydrogen) atoms. The Kier molecular flexibility index (Phi) is 5.30. The molecule has 2 aromatic rings. The van der Waals surface area contributed by atoms with Crippen LogP contribution in [0.25, 0.3) is 0 Å². The Hall–Kier alpha value is -2.16. The maximum Gasteiger partial charge on any atom is 0.227 e. The Morgan fingerprint density at radius 1 is 1.15 bits per heavy atom. The molecule has 0 spiro atoms. The summed E-state index contributed by atoms with van der Waals surface area (Å²) in [5.74, 6) is 0.168. The summed E-state index contributed by atoms with van der Waals surface area (Å²) in [6.07, 6.45) is 6.10. The second-order valence-electron chi connectivity index (χ2n) is 4.78. The second kappa shape index (κ2) is 7.43. The van der Waals surface area contributed by atoms with Crippen LogP contribution in [0.5, 0.6) is 0 Å². The minimum atomic E-state index is 0.168. The molecule has 104 valence electrons. The molecule has 2 rings (SSSR count). The van der Waals surface area contributed by atoms with Crippen molar-refractivity contribution in [3.05, 3.63) is 60.4 Å². The van der Waals surface area contributed by atoms with Crippen molar-refractivity contribution < 1.29 is 4.79 Å². The number of carbonyl (C=O) groups excluding carboxylic acids is 1. The molecule has 0 saturated carbocycles. The molecule has 3 nitrogen and oxygen atoms in total. The van der Waals surface area contributed by atoms with Crippen LogP contribution >= 0.6 is 0 Å². The molecular formula is C17H20N2O. The quantitative estimate of drug-likeness (QED) is 0.798. The summed E-state index contributed by atoms with van der Waals surface area (Å²) < 4.78 is 0. The summed E-state index contributed by atoms with van der Waals surface area (Å²) >= 11 is 0. The molecule has 3 heteroatoms. The molecule has 0 fully saturated rings. The van der Waals surface area contributed by atoms with E-state index in [1.54, 1.807) is 6.20 Å². The van der Waals surface area contributed by atoms with E-state index in [9.17, 15) is 4.79 Å². The first-order chi connectivity index (χ1) is 9.81. The van der Waals surface area contributed by atoms with Crippen molar-refractivity contribution in [1.82, 2.24) is 4.98 Å². The van der Waals surface area contributed by atoms with Gasteiger partial charge in [0.05, 0.1) is 6.54 Å². The smallest absolute Gasteiger partial charge is 0.227 e. The van der Waals surface area contributed by atoms with E-state index in [0.717, 1.165) is 24.1 Å². The first-order valence-corrected chi connectivity index (χ1v) is 7.05. The van der Waals surface area contributed by atoms with Crippen LogP contribution in [0.1, 0.15) is 31.7 Å². The van der Waals surface area contributed by atoms with Crippen LogP contribution in [0.4, 0.5) is 5.69 Å². The van der Waals surface area contributed by atoms with E-state index in [1.165, 1.54) is 0 Å². The summed E-state index contributed by atoms with van der Waals surface area (Å²) in [5.41, 5.74) is 1.98. The van der Waals surface area contributed by atoms with E-state index in [1.807, 2.05) is 53.6 Å². The number of rotatable bonds is 6. The van der Waals surface area contributed by atoms with Crippen molar-refractivity contribution in [2.75, 3.05) is 4.90 Å². The largest absolute Gasteiger partial charge is 0.308 e. The van der Waals surface area contributed by atoms with E-state index >= 15 is 0 Å². The van der Waals surface area contributed by atoms with E-state index in [0.29, 0.717) is 13.0 Å². The van der Waals surface area contributed by atoms with Crippen LogP contribution in [0.2, 0.25) is 0 Å². The number of carbonyl (C=O) groups is 1. The summed E-state index contributed by atoms with van der Waals surface area (Å²) in [4.78, 5) is 18.4. The number of nitrogens with zero attached hydrogens (tertiary/aromatic N) is 2. The maximum atomic E-state index is 12.4. The molecule has 1 aromatic heterocycles. The molecule has 0 unspecified atom stereocenters. The highest BCUT2D eigenvalue weighted by molar-refractivity contribution is 5.93. The van der Waals surface area contributed by atoms with E-state index in [2.05, 4.69) is 11.9 Å². The average Bonchev–Trinajstić information content (AvgIpc) is 2.52. The van der Waals surface area contributed by atoms with Gasteiger partial charge in [0.2, 0.25) is 5.91 Å². The van der Waals surface area contributed by atoms with Gasteiger partial charge in [-0.05, 0) is 30.2 Å². The number of aromatic nitrogens is 1. The third-order valence-corrected chi connectivity index (χ3v) is 3.18. The zero-order valence-electron chi connectivity index (χ0n) is 11.8. The highest BCUT2D eigenvalue weighted by Crippen LogP contribution is 2.18. The monoisotopic (exact) mass is 268 g/mol. The predicted molar refractivity (Wildman–Crippen MR) is 81.4 cm³/mol. The molecule has 0 saturated heterocycles. The zero-order chi connectivity index (χ0) is 14.2. The van der Waals surface area contributed by atoms with Gasteiger partial charge in [-0.25, -0.2) is 0 Å². The fourth-order valence-corrected chi connectivity index (χ4v) is 2.07. The van der Waals surface area contributed by atoms with Gasteiger partial charge in [0.1, 0.15) is 0 Å². The molecular weight excluding hydrogens is 248 g/mol. The van der Waals surface area contributed by atoms with Gasteiger partial charge in [-0.1, -0.05) is 37.6 Å². The Labute approximate surface area is 120 Å². The highest BCUT2D eigenvalue weighted by atomic mass is 16.2. The van der Waals surface area contributed by atoms with Crippen LogP contribution in [-0.2, 0) is 11.3 Å². The summed E-state index contributed by atoms with van der Waals surface area (Å²) in [6, 6.07) is 13.7. The number of hydrogen-bond donors (Lipinski definition) is 0. The molecule has 0 N–H and O–H groups in total. The molecule has 0 atom stereocenters. The van der Waals surface area contributed by atoms with Gasteiger partial charge in [0, 0.05) is 24.5 Å². The lowest BCUT2D eigenvalue weighted by Crippen LogP contribution is -2.30. The van der Waals surface area contributed by atoms with Crippen molar-refractivity contribution in [3.8, 4) is 0 Å². The zero-order valence-corrected chi connectivity index (χ0v) is 11.8. The molecule has 0 aliphatic carbocycles. The number of anilines is 1. The lowest BCUT2D eigenvalue weighted by atomic mass is 10.2. The van der Waals surface area contributed by atoms with E-state index in [-0.39, 0.29) is 5.91 Å². The number of para-hydroxylation sites is 1. The van der Waals surface area contributed by atoms with E-state index in [4.69, 9.17) is 0 Å². The van der Waals surface area contributed by atoms with Crippen LogP contribution < -0.4 is 4.90 Å². The first kappa shape index (κ1) is 14.3. The number of amides is 1. The number of benzene rings is 1. The highest BCUT2D eigenvalue weighted by Gasteiger charge is 2.15. The van der Waals surface area contributed by atoms with Gasteiger partial charge < -0.3 is 4.90 Å². The van der Waals surface area contributed by atoms with Crippen LogP contribution in [0.3, 0.4) is 0 Å². The normalized spacial score (nSPS) is 10.2. The van der Waals surface area contributed by atoms with Crippen molar-refractivity contribution in [2.24, 2.45) is 0 Å². The molecule has 0 aliphatic heterocycles. The number of hydrogen-bond acceptors (Lipinski definition) is 2. The molecule has 1 amide bonds. The van der Waals surface area contributed by atoms with Crippen LogP contribution in [0.15, 0.2) is 54.9 Å². The SMILES string of the molecule is CCCCC(=O)N(Cc1cccnc1)c1ccccc1. The van der Waals surface area contributed by atoms with E-state index < -0.39 is 0 Å². The van der Waals surface area contributed by atoms with Crippen molar-refractivity contribution >= 4 is 11.6 Å². The molecule has 1 heterocycles. The van der Waals surface area contributed by atoms with Gasteiger partial charge in [0.15, 0.2) is 0 Å². The van der Waals surface area contributed by atoms with Gasteiger partial charge in [-0.3, -0.25) is 9.78 Å². The van der Waals surface area contributed by atoms with Gasteiger partial charge in [-0.2, -0.15) is 0 Å². The third kappa shape index (κ3) is 3.92. The maximum absolute atomic E-state index is 12.4. The van der Waals surface area contributed by atoms with Crippen molar-refractivity contribution in [3.63, 3.8) is 0 Å². The fourth-order valence-electron chi connectivity index (χ4n) is 2.07. The lowest BCUT2D eigenvalue weighted by Gasteiger charge is -2.23. The first-order valence-electron chi connectivity index (χ1n) is 7.05. The Morgan fingerprint density at radius 3 is 2.60 bits per heavy atom. The predicted octanol–water partition coefficient (Wildman–Crippen LogP) is 3.81. The van der Waals surface area contributed by atoms with Crippen molar-refractivity contribution in [2.45, 2.75) is 32.7 Å². The Bertz CT molecular complexity index is 525. The molecule has 0 aliphatic rings. The minimum absolute atomic E-state index is 0.168. The Morgan fingerprint density at radius 2 is 1.95 bits per heavy atom. The average molecular weight is 268 g/mol. The standard InChI is InChI=1S/C17H20N2O/c1-2-3-11-17(20)19(16-9-5-4-6-10-16)14-15-8-7-12-18-13-15/h4-10,12-13H,2-3,11,14H2,1H3. The third-order valence-electron chi connectivity index (χ3n) is 3.18. The van der Waals surface area contributed by atoms with Crippen LogP contribution in [-0.4, -0.2) is 10.9 Å². The summed E-state index contributed by atoms with van der Waals surface area (Å²) in [5, 5.41) is 0. The molecule has 0 bridgehead atoms. The topological polar surface area (TPSA) is 33.2 Å².